The Morgan fingerprint density at radius 3 is 2.61 bits per heavy atom. The number of rotatable bonds is 4. The Bertz CT molecular complexity index is 1360. The number of amides is 1. The van der Waals surface area contributed by atoms with Crippen molar-refractivity contribution in [3.8, 4) is 0 Å². The molecule has 0 spiro atoms. The predicted molar refractivity (Wildman–Crippen MR) is 121 cm³/mol. The standard InChI is InChI=1S/C24H21N3O3S/c1-13(2)11-18-25-26-24(31-18)27-20(15-7-5-4-6-8-15)19-21(28)16-12-14(3)9-10-17(16)30-22(19)23(27)29/h4-10,12-13,20H,11H2,1-3H3/t20-/m0/s1. The van der Waals surface area contributed by atoms with Gasteiger partial charge in [-0.05, 0) is 30.5 Å². The molecule has 2 aromatic heterocycles. The van der Waals surface area contributed by atoms with Gasteiger partial charge in [0.25, 0.3) is 5.91 Å². The van der Waals surface area contributed by atoms with Crippen molar-refractivity contribution in [1.82, 2.24) is 10.2 Å². The lowest BCUT2D eigenvalue weighted by Gasteiger charge is -2.21. The van der Waals surface area contributed by atoms with Crippen LogP contribution in [0.3, 0.4) is 0 Å². The van der Waals surface area contributed by atoms with Gasteiger partial charge in [-0.1, -0.05) is 67.1 Å². The first-order valence-corrected chi connectivity index (χ1v) is 11.0. The van der Waals surface area contributed by atoms with Crippen LogP contribution in [0.25, 0.3) is 11.0 Å². The Balaban J connectivity index is 1.74. The third kappa shape index (κ3) is 3.25. The molecule has 5 rings (SSSR count). The maximum Gasteiger partial charge on any atom is 0.297 e. The number of aryl methyl sites for hydroxylation is 1. The Morgan fingerprint density at radius 2 is 1.87 bits per heavy atom. The number of carbonyl (C=O) groups excluding carboxylic acids is 1. The fraction of sp³-hybridized carbons (Fsp3) is 0.250. The van der Waals surface area contributed by atoms with Gasteiger partial charge < -0.3 is 4.42 Å². The molecular formula is C24H21N3O3S. The van der Waals surface area contributed by atoms with Gasteiger partial charge in [-0.2, -0.15) is 0 Å². The normalized spacial score (nSPS) is 15.8. The molecule has 0 bridgehead atoms. The largest absolute Gasteiger partial charge is 0.450 e. The minimum absolute atomic E-state index is 0.0795. The molecule has 156 valence electrons. The lowest BCUT2D eigenvalue weighted by atomic mass is 9.98. The smallest absolute Gasteiger partial charge is 0.297 e. The highest BCUT2D eigenvalue weighted by Gasteiger charge is 2.45. The van der Waals surface area contributed by atoms with E-state index in [9.17, 15) is 9.59 Å². The van der Waals surface area contributed by atoms with E-state index >= 15 is 0 Å². The first-order chi connectivity index (χ1) is 14.9. The van der Waals surface area contributed by atoms with Gasteiger partial charge in [0.2, 0.25) is 10.9 Å². The van der Waals surface area contributed by atoms with Crippen molar-refractivity contribution in [1.29, 1.82) is 0 Å². The summed E-state index contributed by atoms with van der Waals surface area (Å²) in [5.74, 6) is 0.139. The molecule has 0 unspecified atom stereocenters. The van der Waals surface area contributed by atoms with E-state index in [2.05, 4.69) is 24.0 Å². The van der Waals surface area contributed by atoms with E-state index in [0.717, 1.165) is 22.6 Å². The summed E-state index contributed by atoms with van der Waals surface area (Å²) >= 11 is 1.38. The molecule has 0 radical (unpaired) electrons. The Hall–Kier alpha value is -3.32. The minimum atomic E-state index is -0.607. The molecule has 0 saturated carbocycles. The van der Waals surface area contributed by atoms with E-state index in [1.807, 2.05) is 49.4 Å². The lowest BCUT2D eigenvalue weighted by molar-refractivity contribution is 0.0970. The summed E-state index contributed by atoms with van der Waals surface area (Å²) in [6.45, 7) is 6.15. The summed E-state index contributed by atoms with van der Waals surface area (Å²) in [6.07, 6.45) is 0.781. The van der Waals surface area contributed by atoms with Crippen LogP contribution < -0.4 is 10.3 Å². The van der Waals surface area contributed by atoms with Gasteiger partial charge in [0.05, 0.1) is 17.0 Å². The number of carbonyl (C=O) groups is 1. The maximum absolute atomic E-state index is 13.6. The van der Waals surface area contributed by atoms with Gasteiger partial charge in [0, 0.05) is 6.42 Å². The molecule has 1 aliphatic rings. The van der Waals surface area contributed by atoms with Crippen LogP contribution in [-0.2, 0) is 6.42 Å². The van der Waals surface area contributed by atoms with Crippen molar-refractivity contribution in [3.63, 3.8) is 0 Å². The third-order valence-corrected chi connectivity index (χ3v) is 6.33. The van der Waals surface area contributed by atoms with E-state index < -0.39 is 6.04 Å². The maximum atomic E-state index is 13.6. The molecule has 0 fully saturated rings. The van der Waals surface area contributed by atoms with E-state index in [0.29, 0.717) is 27.6 Å². The minimum Gasteiger partial charge on any atom is -0.450 e. The molecule has 3 heterocycles. The second-order valence-electron chi connectivity index (χ2n) is 8.24. The van der Waals surface area contributed by atoms with Crippen LogP contribution in [0, 0.1) is 12.8 Å². The summed E-state index contributed by atoms with van der Waals surface area (Å²) in [7, 11) is 0. The van der Waals surface area contributed by atoms with Crippen molar-refractivity contribution in [3.05, 3.63) is 86.2 Å². The van der Waals surface area contributed by atoms with Crippen molar-refractivity contribution in [2.75, 3.05) is 4.90 Å². The average molecular weight is 432 g/mol. The summed E-state index contributed by atoms with van der Waals surface area (Å²) in [5, 5.41) is 10.4. The van der Waals surface area contributed by atoms with Gasteiger partial charge in [-0.25, -0.2) is 0 Å². The van der Waals surface area contributed by atoms with Crippen LogP contribution in [0.2, 0.25) is 0 Å². The Kier molecular flexibility index (Phi) is 4.70. The number of nitrogens with zero attached hydrogens (tertiary/aromatic N) is 3. The van der Waals surface area contributed by atoms with Gasteiger partial charge in [0.15, 0.2) is 5.43 Å². The monoisotopic (exact) mass is 431 g/mol. The highest BCUT2D eigenvalue weighted by Crippen LogP contribution is 2.42. The molecule has 1 atom stereocenters. The SMILES string of the molecule is Cc1ccc2oc3c(c(=O)c2c1)[C@H](c1ccccc1)N(c1nnc(CC(C)C)s1)C3=O. The number of aromatic nitrogens is 2. The highest BCUT2D eigenvalue weighted by molar-refractivity contribution is 7.15. The molecule has 0 saturated heterocycles. The Morgan fingerprint density at radius 1 is 1.10 bits per heavy atom. The van der Waals surface area contributed by atoms with Crippen LogP contribution in [0.4, 0.5) is 5.13 Å². The van der Waals surface area contributed by atoms with Gasteiger partial charge >= 0.3 is 0 Å². The van der Waals surface area contributed by atoms with Gasteiger partial charge in [-0.3, -0.25) is 14.5 Å². The van der Waals surface area contributed by atoms with Crippen LogP contribution in [0.1, 0.15) is 52.1 Å². The molecule has 1 aliphatic heterocycles. The fourth-order valence-corrected chi connectivity index (χ4v) is 5.09. The van der Waals surface area contributed by atoms with E-state index in [-0.39, 0.29) is 17.1 Å². The van der Waals surface area contributed by atoms with Gasteiger partial charge in [-0.15, -0.1) is 10.2 Å². The predicted octanol–water partition coefficient (Wildman–Crippen LogP) is 4.90. The first kappa shape index (κ1) is 19.6. The topological polar surface area (TPSA) is 76.3 Å². The second kappa shape index (κ2) is 7.42. The molecule has 1 amide bonds. The van der Waals surface area contributed by atoms with E-state index in [4.69, 9.17) is 4.42 Å². The molecule has 6 nitrogen and oxygen atoms in total. The molecule has 7 heteroatoms. The third-order valence-electron chi connectivity index (χ3n) is 5.39. The summed E-state index contributed by atoms with van der Waals surface area (Å²) in [4.78, 5) is 28.6. The quantitative estimate of drug-likeness (QED) is 0.459. The summed E-state index contributed by atoms with van der Waals surface area (Å²) in [5.41, 5.74) is 2.37. The van der Waals surface area contributed by atoms with Crippen LogP contribution in [0.5, 0.6) is 0 Å². The van der Waals surface area contributed by atoms with Crippen molar-refractivity contribution >= 4 is 33.3 Å². The summed E-state index contributed by atoms with van der Waals surface area (Å²) < 4.78 is 5.99. The lowest BCUT2D eigenvalue weighted by Crippen LogP contribution is -2.29. The zero-order valence-corrected chi connectivity index (χ0v) is 18.3. The molecular weight excluding hydrogens is 410 g/mol. The number of anilines is 1. The zero-order valence-electron chi connectivity index (χ0n) is 17.5. The molecule has 0 N–H and O–H groups in total. The van der Waals surface area contributed by atoms with Crippen LogP contribution in [0.15, 0.2) is 57.7 Å². The van der Waals surface area contributed by atoms with Crippen LogP contribution in [-0.4, -0.2) is 16.1 Å². The second-order valence-corrected chi connectivity index (χ2v) is 9.28. The summed E-state index contributed by atoms with van der Waals surface area (Å²) in [6, 6.07) is 14.3. The number of fused-ring (bicyclic) bond motifs is 2. The number of hydrogen-bond acceptors (Lipinski definition) is 6. The Labute approximate surface area is 183 Å². The van der Waals surface area contributed by atoms with Gasteiger partial charge in [0.1, 0.15) is 10.6 Å². The number of hydrogen-bond donors (Lipinski definition) is 0. The van der Waals surface area contributed by atoms with Crippen molar-refractivity contribution < 1.29 is 9.21 Å². The highest BCUT2D eigenvalue weighted by atomic mass is 32.1. The molecule has 31 heavy (non-hydrogen) atoms. The van der Waals surface area contributed by atoms with Crippen molar-refractivity contribution in [2.45, 2.75) is 33.2 Å². The molecule has 0 aliphatic carbocycles. The van der Waals surface area contributed by atoms with E-state index in [1.54, 1.807) is 11.0 Å². The van der Waals surface area contributed by atoms with E-state index in [1.165, 1.54) is 11.3 Å². The molecule has 2 aromatic carbocycles. The average Bonchev–Trinajstić information content (AvgIpc) is 3.31. The molecule has 4 aromatic rings. The number of benzene rings is 2. The van der Waals surface area contributed by atoms with Crippen molar-refractivity contribution in [2.24, 2.45) is 5.92 Å². The first-order valence-electron chi connectivity index (χ1n) is 10.2. The fourth-order valence-electron chi connectivity index (χ4n) is 4.01. The zero-order chi connectivity index (χ0) is 21.7. The van der Waals surface area contributed by atoms with Crippen LogP contribution >= 0.6 is 11.3 Å².